The number of carbonyl (C=O) groups excluding carboxylic acids is 1. The highest BCUT2D eigenvalue weighted by Gasteiger charge is 2.13. The molecular formula is C15H12N6O7. The lowest BCUT2D eigenvalue weighted by atomic mass is 10.2. The first kappa shape index (κ1) is 19.8. The van der Waals surface area contributed by atoms with Crippen LogP contribution >= 0.6 is 0 Å². The third-order valence-electron chi connectivity index (χ3n) is 3.15. The minimum absolute atomic E-state index is 0.254. The second-order valence-electron chi connectivity index (χ2n) is 5.08. The van der Waals surface area contributed by atoms with E-state index in [1.54, 1.807) is 0 Å². The Bertz CT molecular complexity index is 911. The van der Waals surface area contributed by atoms with Gasteiger partial charge < -0.3 is 10.2 Å². The molecule has 0 fully saturated rings. The average Bonchev–Trinajstić information content (AvgIpc) is 2.64. The summed E-state index contributed by atoms with van der Waals surface area (Å²) in [4.78, 5) is 31.4. The van der Waals surface area contributed by atoms with Gasteiger partial charge in [-0.1, -0.05) is 0 Å². The molecule has 0 aliphatic heterocycles. The number of urea groups is 1. The molecule has 0 heterocycles. The van der Waals surface area contributed by atoms with Crippen LogP contribution in [0.4, 0.5) is 16.2 Å². The van der Waals surface area contributed by atoms with E-state index < -0.39 is 38.8 Å². The van der Waals surface area contributed by atoms with Crippen molar-refractivity contribution in [3.8, 4) is 11.5 Å². The van der Waals surface area contributed by atoms with Gasteiger partial charge in [-0.25, -0.2) is 15.6 Å². The van der Waals surface area contributed by atoms with Gasteiger partial charge in [0.2, 0.25) is 0 Å². The Morgan fingerprint density at radius 2 is 1.25 bits per heavy atom. The Morgan fingerprint density at radius 1 is 0.857 bits per heavy atom. The number of benzene rings is 2. The number of nitrogens with zero attached hydrogens (tertiary/aromatic N) is 4. The van der Waals surface area contributed by atoms with E-state index in [4.69, 9.17) is 0 Å². The molecule has 0 atom stereocenters. The van der Waals surface area contributed by atoms with Gasteiger partial charge in [-0.2, -0.15) is 10.2 Å². The van der Waals surface area contributed by atoms with Gasteiger partial charge in [0.25, 0.3) is 0 Å². The molecule has 2 amide bonds. The third kappa shape index (κ3) is 5.22. The van der Waals surface area contributed by atoms with Gasteiger partial charge in [-0.15, -0.1) is 0 Å². The van der Waals surface area contributed by atoms with E-state index in [2.05, 4.69) is 10.2 Å². The molecule has 0 saturated heterocycles. The molecule has 13 heteroatoms. The number of phenolic OH excluding ortho intramolecular Hbond substituents is 2. The molecule has 0 aliphatic carbocycles. The zero-order valence-electron chi connectivity index (χ0n) is 13.8. The van der Waals surface area contributed by atoms with E-state index in [0.717, 1.165) is 36.7 Å². The van der Waals surface area contributed by atoms with Crippen molar-refractivity contribution < 1.29 is 24.9 Å². The van der Waals surface area contributed by atoms with E-state index in [1.807, 2.05) is 10.9 Å². The average molecular weight is 388 g/mol. The van der Waals surface area contributed by atoms with Gasteiger partial charge in [-0.3, -0.25) is 20.2 Å². The molecule has 0 spiro atoms. The Morgan fingerprint density at radius 3 is 1.61 bits per heavy atom. The number of aromatic hydroxyl groups is 2. The molecule has 144 valence electrons. The maximum Gasteiger partial charge on any atom is 0.355 e. The molecule has 28 heavy (non-hydrogen) atoms. The Kier molecular flexibility index (Phi) is 6.15. The van der Waals surface area contributed by atoms with Crippen LogP contribution in [0.3, 0.4) is 0 Å². The van der Waals surface area contributed by atoms with E-state index in [9.17, 15) is 35.2 Å². The predicted octanol–water partition coefficient (Wildman–Crippen LogP) is 1.58. The number of hydrogen-bond donors (Lipinski definition) is 4. The van der Waals surface area contributed by atoms with E-state index in [-0.39, 0.29) is 11.1 Å². The van der Waals surface area contributed by atoms with Crippen molar-refractivity contribution in [3.05, 3.63) is 67.8 Å². The fourth-order valence-electron chi connectivity index (χ4n) is 1.89. The molecule has 0 radical (unpaired) electrons. The largest absolute Gasteiger partial charge is 0.502 e. The van der Waals surface area contributed by atoms with Gasteiger partial charge in [-0.05, 0) is 24.3 Å². The summed E-state index contributed by atoms with van der Waals surface area (Å²) in [6, 6.07) is 6.20. The fourth-order valence-corrected chi connectivity index (χ4v) is 1.89. The van der Waals surface area contributed by atoms with E-state index >= 15 is 0 Å². The van der Waals surface area contributed by atoms with Crippen molar-refractivity contribution in [3.63, 3.8) is 0 Å². The number of phenols is 2. The summed E-state index contributed by atoms with van der Waals surface area (Å²) in [5.74, 6) is -1.01. The number of carbonyl (C=O) groups is 1. The fraction of sp³-hybridized carbons (Fsp3) is 0. The van der Waals surface area contributed by atoms with Gasteiger partial charge >= 0.3 is 17.4 Å². The SMILES string of the molecule is O=C(NN=Cc1ccc(O)c([N+](=O)[O-])c1)N/N=C\c1ccc(O)c([N+](=O)[O-])c1. The molecule has 2 aromatic carbocycles. The molecule has 0 saturated carbocycles. The summed E-state index contributed by atoms with van der Waals surface area (Å²) in [7, 11) is 0. The lowest BCUT2D eigenvalue weighted by molar-refractivity contribution is -0.386. The normalized spacial score (nSPS) is 10.9. The van der Waals surface area contributed by atoms with Crippen molar-refractivity contribution in [2.75, 3.05) is 0 Å². The maximum absolute atomic E-state index is 11.5. The van der Waals surface area contributed by atoms with Crippen LogP contribution in [0.15, 0.2) is 46.6 Å². The third-order valence-corrected chi connectivity index (χ3v) is 3.15. The summed E-state index contributed by atoms with van der Waals surface area (Å²) < 4.78 is 0. The number of hydrazone groups is 2. The van der Waals surface area contributed by atoms with Crippen LogP contribution in [0.25, 0.3) is 0 Å². The highest BCUT2D eigenvalue weighted by Crippen LogP contribution is 2.26. The first-order valence-corrected chi connectivity index (χ1v) is 7.35. The van der Waals surface area contributed by atoms with Crippen molar-refractivity contribution in [2.24, 2.45) is 10.2 Å². The number of nitro groups is 2. The van der Waals surface area contributed by atoms with Gasteiger partial charge in [0.1, 0.15) is 0 Å². The van der Waals surface area contributed by atoms with Crippen molar-refractivity contribution >= 4 is 29.8 Å². The Hall–Kier alpha value is -4.55. The zero-order valence-corrected chi connectivity index (χ0v) is 13.8. The number of hydrogen-bond acceptors (Lipinski definition) is 9. The minimum atomic E-state index is -0.853. The van der Waals surface area contributed by atoms with Crippen LogP contribution < -0.4 is 10.9 Å². The zero-order chi connectivity index (χ0) is 20.7. The Labute approximate surface area is 155 Å². The molecule has 0 aromatic heterocycles. The quantitative estimate of drug-likeness (QED) is 0.327. The van der Waals surface area contributed by atoms with E-state index in [0.29, 0.717) is 0 Å². The standard InChI is InChI=1S/C15H12N6O7/c22-13-3-1-9(5-11(13)20(25)26)7-16-18-15(24)19-17-8-10-2-4-14(23)12(6-10)21(27)28/h1-8,22-23H,(H2,18,19,24)/b16-7-,17-8?. The van der Waals surface area contributed by atoms with Crippen LogP contribution in [0, 0.1) is 20.2 Å². The van der Waals surface area contributed by atoms with Gasteiger partial charge in [0, 0.05) is 23.3 Å². The summed E-state index contributed by atoms with van der Waals surface area (Å²) >= 11 is 0. The van der Waals surface area contributed by atoms with Crippen molar-refractivity contribution in [2.45, 2.75) is 0 Å². The van der Waals surface area contributed by atoms with Crippen molar-refractivity contribution in [1.82, 2.24) is 10.9 Å². The molecule has 13 nitrogen and oxygen atoms in total. The summed E-state index contributed by atoms with van der Waals surface area (Å²) in [5.41, 5.74) is 3.57. The summed E-state index contributed by atoms with van der Waals surface area (Å²) in [6.45, 7) is 0. The monoisotopic (exact) mass is 388 g/mol. The second kappa shape index (κ2) is 8.70. The topological polar surface area (TPSA) is 193 Å². The molecule has 0 bridgehead atoms. The molecule has 0 aliphatic rings. The number of rotatable bonds is 6. The first-order valence-electron chi connectivity index (χ1n) is 7.35. The van der Waals surface area contributed by atoms with Crippen molar-refractivity contribution in [1.29, 1.82) is 0 Å². The number of amides is 2. The lowest BCUT2D eigenvalue weighted by Gasteiger charge is -2.00. The highest BCUT2D eigenvalue weighted by molar-refractivity contribution is 5.85. The summed E-state index contributed by atoms with van der Waals surface area (Å²) in [5, 5.41) is 47.2. The van der Waals surface area contributed by atoms with Crippen LogP contribution in [-0.4, -0.2) is 38.5 Å². The van der Waals surface area contributed by atoms with Crippen LogP contribution in [0.1, 0.15) is 11.1 Å². The van der Waals surface area contributed by atoms with Gasteiger partial charge in [0.05, 0.1) is 22.3 Å². The predicted molar refractivity (Wildman–Crippen MR) is 96.4 cm³/mol. The van der Waals surface area contributed by atoms with Crippen LogP contribution in [0.2, 0.25) is 0 Å². The number of nitro benzene ring substituents is 2. The molecule has 4 N–H and O–H groups in total. The van der Waals surface area contributed by atoms with Crippen LogP contribution in [0.5, 0.6) is 11.5 Å². The smallest absolute Gasteiger partial charge is 0.355 e. The van der Waals surface area contributed by atoms with Gasteiger partial charge in [0.15, 0.2) is 11.5 Å². The van der Waals surface area contributed by atoms with Crippen LogP contribution in [-0.2, 0) is 0 Å². The molecule has 2 rings (SSSR count). The molecule has 2 aromatic rings. The second-order valence-corrected chi connectivity index (χ2v) is 5.08. The summed E-state index contributed by atoms with van der Waals surface area (Å²) in [6.07, 6.45) is 2.22. The lowest BCUT2D eigenvalue weighted by Crippen LogP contribution is -2.28. The number of nitrogens with one attached hydrogen (secondary N) is 2. The molecule has 0 unspecified atom stereocenters. The maximum atomic E-state index is 11.5. The van der Waals surface area contributed by atoms with E-state index in [1.165, 1.54) is 12.1 Å². The molecular weight excluding hydrogens is 376 g/mol. The Balaban J connectivity index is 1.93. The first-order chi connectivity index (χ1) is 13.3. The highest BCUT2D eigenvalue weighted by atomic mass is 16.6. The minimum Gasteiger partial charge on any atom is -0.502 e.